The van der Waals surface area contributed by atoms with Gasteiger partial charge in [-0.25, -0.2) is 0 Å². The molecule has 1 atom stereocenters. The number of carbonyl (C=O) groups excluding carboxylic acids is 1. The van der Waals surface area contributed by atoms with Gasteiger partial charge in [-0.15, -0.1) is 11.3 Å². The maximum atomic E-state index is 12.3. The average molecular weight is 349 g/mol. The Balaban J connectivity index is 1.92. The van der Waals surface area contributed by atoms with E-state index in [2.05, 4.69) is 5.32 Å². The van der Waals surface area contributed by atoms with Crippen molar-refractivity contribution in [1.82, 2.24) is 5.32 Å². The summed E-state index contributed by atoms with van der Waals surface area (Å²) in [7, 11) is 0. The quantitative estimate of drug-likeness (QED) is 0.730. The molecule has 0 radical (unpaired) electrons. The van der Waals surface area contributed by atoms with E-state index in [1.54, 1.807) is 35.6 Å². The van der Waals surface area contributed by atoms with Gasteiger partial charge < -0.3 is 19.9 Å². The van der Waals surface area contributed by atoms with Crippen LogP contribution in [0.2, 0.25) is 0 Å². The topological polar surface area (TPSA) is 67.8 Å². The predicted molar refractivity (Wildman–Crippen MR) is 94.6 cm³/mol. The van der Waals surface area contributed by atoms with Crippen LogP contribution in [-0.2, 0) is 4.74 Å². The number of carbonyl (C=O) groups is 1. The molecule has 0 spiro atoms. The molecule has 0 fully saturated rings. The maximum absolute atomic E-state index is 12.3. The summed E-state index contributed by atoms with van der Waals surface area (Å²) in [6.07, 6.45) is -0.162. The van der Waals surface area contributed by atoms with E-state index >= 15 is 0 Å². The van der Waals surface area contributed by atoms with Gasteiger partial charge in [-0.1, -0.05) is 6.07 Å². The first-order valence-corrected chi connectivity index (χ1v) is 8.79. The number of hydrogen-bond acceptors (Lipinski definition) is 5. The zero-order chi connectivity index (χ0) is 17.4. The number of aliphatic hydroxyl groups is 1. The molecule has 2 rings (SSSR count). The van der Waals surface area contributed by atoms with Crippen molar-refractivity contribution in [2.75, 3.05) is 19.8 Å². The summed E-state index contributed by atoms with van der Waals surface area (Å²) in [6, 6.07) is 10.9. The molecule has 0 saturated carbocycles. The number of thiophene rings is 1. The van der Waals surface area contributed by atoms with Crippen LogP contribution in [0.4, 0.5) is 0 Å². The van der Waals surface area contributed by atoms with E-state index in [0.29, 0.717) is 12.1 Å². The van der Waals surface area contributed by atoms with Crippen LogP contribution in [0.15, 0.2) is 41.8 Å². The number of rotatable bonds is 9. The standard InChI is InChI=1S/C18H23NO4S/c1-13(2)23-15-7-5-14(6-8-15)18(21)19-12-16(22-10-9-20)17-4-3-11-24-17/h3-8,11,13,16,20H,9-10,12H2,1-2H3,(H,19,21)/t16-/m0/s1. The van der Waals surface area contributed by atoms with Crippen LogP contribution in [0.1, 0.15) is 35.2 Å². The highest BCUT2D eigenvalue weighted by Gasteiger charge is 2.15. The molecule has 1 aromatic carbocycles. The summed E-state index contributed by atoms with van der Waals surface area (Å²) in [5.41, 5.74) is 0.568. The third-order valence-electron chi connectivity index (χ3n) is 3.21. The molecule has 6 heteroatoms. The molecular formula is C18H23NO4S. The fourth-order valence-corrected chi connectivity index (χ4v) is 2.93. The van der Waals surface area contributed by atoms with E-state index in [9.17, 15) is 4.79 Å². The number of ether oxygens (including phenoxy) is 2. The Morgan fingerprint density at radius 3 is 2.58 bits per heavy atom. The van der Waals surface area contributed by atoms with E-state index in [0.717, 1.165) is 10.6 Å². The van der Waals surface area contributed by atoms with Crippen molar-refractivity contribution in [1.29, 1.82) is 0 Å². The molecule has 0 unspecified atom stereocenters. The highest BCUT2D eigenvalue weighted by atomic mass is 32.1. The summed E-state index contributed by atoms with van der Waals surface area (Å²) in [6.45, 7) is 4.45. The smallest absolute Gasteiger partial charge is 0.251 e. The van der Waals surface area contributed by atoms with Crippen LogP contribution < -0.4 is 10.1 Å². The normalized spacial score (nSPS) is 12.2. The van der Waals surface area contributed by atoms with Crippen LogP contribution in [0.25, 0.3) is 0 Å². The molecule has 5 nitrogen and oxygen atoms in total. The third kappa shape index (κ3) is 5.63. The molecule has 1 amide bonds. The van der Waals surface area contributed by atoms with Crippen molar-refractivity contribution in [3.8, 4) is 5.75 Å². The Labute approximate surface area is 146 Å². The van der Waals surface area contributed by atoms with Gasteiger partial charge in [0.2, 0.25) is 0 Å². The van der Waals surface area contributed by atoms with Crippen molar-refractivity contribution in [2.24, 2.45) is 0 Å². The van der Waals surface area contributed by atoms with Crippen molar-refractivity contribution in [2.45, 2.75) is 26.1 Å². The Kier molecular flexibility index (Phi) is 7.24. The van der Waals surface area contributed by atoms with Gasteiger partial charge in [0.15, 0.2) is 0 Å². The molecule has 0 aliphatic carbocycles. The second kappa shape index (κ2) is 9.42. The third-order valence-corrected chi connectivity index (χ3v) is 4.17. The van der Waals surface area contributed by atoms with Gasteiger partial charge in [-0.3, -0.25) is 4.79 Å². The van der Waals surface area contributed by atoms with Gasteiger partial charge in [0, 0.05) is 17.0 Å². The van der Waals surface area contributed by atoms with Crippen molar-refractivity contribution < 1.29 is 19.4 Å². The predicted octanol–water partition coefficient (Wildman–Crippen LogP) is 3.02. The van der Waals surface area contributed by atoms with Crippen molar-refractivity contribution in [3.05, 3.63) is 52.2 Å². The van der Waals surface area contributed by atoms with E-state index in [4.69, 9.17) is 14.6 Å². The zero-order valence-electron chi connectivity index (χ0n) is 13.9. The Bertz CT molecular complexity index is 610. The molecule has 1 aromatic heterocycles. The molecular weight excluding hydrogens is 326 g/mol. The summed E-state index contributed by atoms with van der Waals surface area (Å²) in [5.74, 6) is 0.574. The highest BCUT2D eigenvalue weighted by Crippen LogP contribution is 2.22. The van der Waals surface area contributed by atoms with Gasteiger partial charge >= 0.3 is 0 Å². The Morgan fingerprint density at radius 2 is 2.00 bits per heavy atom. The molecule has 0 bridgehead atoms. The van der Waals surface area contributed by atoms with Gasteiger partial charge in [-0.05, 0) is 49.6 Å². The first kappa shape index (κ1) is 18.4. The summed E-state index contributed by atoms with van der Waals surface area (Å²) in [4.78, 5) is 13.3. The number of amides is 1. The minimum absolute atomic E-state index is 0.0485. The van der Waals surface area contributed by atoms with Gasteiger partial charge in [0.1, 0.15) is 11.9 Å². The SMILES string of the molecule is CC(C)Oc1ccc(C(=O)NC[C@H](OCCO)c2cccs2)cc1. The lowest BCUT2D eigenvalue weighted by Crippen LogP contribution is -2.29. The molecule has 2 N–H and O–H groups in total. The van der Waals surface area contributed by atoms with Crippen LogP contribution in [0, 0.1) is 0 Å². The molecule has 2 aromatic rings. The first-order chi connectivity index (χ1) is 11.6. The van der Waals surface area contributed by atoms with Crippen LogP contribution in [-0.4, -0.2) is 36.9 Å². The molecule has 24 heavy (non-hydrogen) atoms. The summed E-state index contributed by atoms with van der Waals surface area (Å²) in [5, 5.41) is 13.8. The molecule has 130 valence electrons. The highest BCUT2D eigenvalue weighted by molar-refractivity contribution is 7.10. The zero-order valence-corrected chi connectivity index (χ0v) is 14.7. The van der Waals surface area contributed by atoms with Crippen molar-refractivity contribution in [3.63, 3.8) is 0 Å². The summed E-state index contributed by atoms with van der Waals surface area (Å²) < 4.78 is 11.2. The molecule has 0 aliphatic heterocycles. The van der Waals surface area contributed by atoms with Gasteiger partial charge in [0.25, 0.3) is 5.91 Å². The maximum Gasteiger partial charge on any atom is 0.251 e. The lowest BCUT2D eigenvalue weighted by Gasteiger charge is -2.17. The molecule has 0 saturated heterocycles. The van der Waals surface area contributed by atoms with Gasteiger partial charge in [-0.2, -0.15) is 0 Å². The fraction of sp³-hybridized carbons (Fsp3) is 0.389. The largest absolute Gasteiger partial charge is 0.491 e. The lowest BCUT2D eigenvalue weighted by atomic mass is 10.2. The minimum Gasteiger partial charge on any atom is -0.491 e. The Hall–Kier alpha value is -1.89. The monoisotopic (exact) mass is 349 g/mol. The molecule has 0 aliphatic rings. The van der Waals surface area contributed by atoms with Gasteiger partial charge in [0.05, 0.1) is 19.3 Å². The number of aliphatic hydroxyl groups excluding tert-OH is 1. The second-order valence-electron chi connectivity index (χ2n) is 5.50. The van der Waals surface area contributed by atoms with E-state index in [-0.39, 0.29) is 31.3 Å². The van der Waals surface area contributed by atoms with Crippen molar-refractivity contribution >= 4 is 17.2 Å². The molecule has 1 heterocycles. The first-order valence-electron chi connectivity index (χ1n) is 7.91. The summed E-state index contributed by atoms with van der Waals surface area (Å²) >= 11 is 1.56. The van der Waals surface area contributed by atoms with Crippen LogP contribution in [0.3, 0.4) is 0 Å². The van der Waals surface area contributed by atoms with E-state index in [1.807, 2.05) is 31.4 Å². The fourth-order valence-electron chi connectivity index (χ4n) is 2.16. The minimum atomic E-state index is -0.260. The Morgan fingerprint density at radius 1 is 1.25 bits per heavy atom. The number of nitrogens with one attached hydrogen (secondary N) is 1. The number of benzene rings is 1. The second-order valence-corrected chi connectivity index (χ2v) is 6.48. The van der Waals surface area contributed by atoms with E-state index < -0.39 is 0 Å². The average Bonchev–Trinajstić information content (AvgIpc) is 3.09. The van der Waals surface area contributed by atoms with E-state index in [1.165, 1.54) is 0 Å². The number of hydrogen-bond donors (Lipinski definition) is 2. The van der Waals surface area contributed by atoms with Crippen LogP contribution in [0.5, 0.6) is 5.75 Å². The van der Waals surface area contributed by atoms with Crippen LogP contribution >= 0.6 is 11.3 Å². The lowest BCUT2D eigenvalue weighted by molar-refractivity contribution is 0.0296.